The third kappa shape index (κ3) is 11.7. The number of rotatable bonds is 13. The summed E-state index contributed by atoms with van der Waals surface area (Å²) in [4.78, 5) is 74.7. The number of benzene rings is 1. The molecule has 1 fully saturated rings. The Labute approximate surface area is 291 Å². The van der Waals surface area contributed by atoms with E-state index in [1.165, 1.54) is 13.2 Å². The van der Waals surface area contributed by atoms with Crippen LogP contribution in [0.2, 0.25) is 0 Å². The topological polar surface area (TPSA) is 225 Å². The smallest absolute Gasteiger partial charge is 0.325 e. The Balaban J connectivity index is 2.55. The number of ether oxygens (including phenoxy) is 7. The summed E-state index contributed by atoms with van der Waals surface area (Å²) in [7, 11) is -3.04. The number of carbonyl (C=O) groups excluding carboxylic acids is 6. The Morgan fingerprint density at radius 1 is 0.840 bits per heavy atom. The van der Waals surface area contributed by atoms with Crippen molar-refractivity contribution >= 4 is 45.8 Å². The SMILES string of the molecule is COc1cc(C)c(S(=O)(=O)N[C@@H](CC(=O)N[C@@H]2O[C@H](COC(C)=O)[C@@H](OC(C)=O)[C@H](OC(C)=O)[C@H]2OC(C)=O)C(=O)OC(C)(C)C)c(C)c1C. The van der Waals surface area contributed by atoms with Crippen LogP contribution in [0.4, 0.5) is 0 Å². The molecular formula is C32H46N2O15S. The Kier molecular flexibility index (Phi) is 14.3. The standard InChI is InChI=1S/C32H46N2O15S/c1-15-12-23(43-11)16(2)17(3)29(15)50(41,42)34-22(31(40)49-32(8,9)10)13-25(39)33-30-28(47-21(7)38)27(46-20(6)37)26(45-19(5)36)24(48-30)14-44-18(4)35/h12,22,24,26-28,30,34H,13-14H2,1-11H3,(H,33,39)/t22-,24+,26+,27-,28+,30+/m0/s1. The van der Waals surface area contributed by atoms with Gasteiger partial charge in [0.25, 0.3) is 0 Å². The van der Waals surface area contributed by atoms with E-state index in [-0.39, 0.29) is 4.90 Å². The average molecular weight is 731 g/mol. The highest BCUT2D eigenvalue weighted by molar-refractivity contribution is 7.89. The van der Waals surface area contributed by atoms with E-state index in [0.29, 0.717) is 22.4 Å². The van der Waals surface area contributed by atoms with Crippen LogP contribution in [0.3, 0.4) is 0 Å². The fourth-order valence-electron chi connectivity index (χ4n) is 5.19. The van der Waals surface area contributed by atoms with Gasteiger partial charge in [-0.05, 0) is 64.3 Å². The molecule has 1 saturated heterocycles. The van der Waals surface area contributed by atoms with Crippen molar-refractivity contribution < 1.29 is 70.3 Å². The lowest BCUT2D eigenvalue weighted by molar-refractivity contribution is -0.257. The highest BCUT2D eigenvalue weighted by Crippen LogP contribution is 2.31. The van der Waals surface area contributed by atoms with Crippen molar-refractivity contribution in [3.63, 3.8) is 0 Å². The molecule has 0 aromatic heterocycles. The molecule has 17 nitrogen and oxygen atoms in total. The molecule has 18 heteroatoms. The van der Waals surface area contributed by atoms with Crippen LogP contribution in [-0.2, 0) is 67.2 Å². The third-order valence-electron chi connectivity index (χ3n) is 7.14. The molecule has 1 aliphatic rings. The molecule has 2 N–H and O–H groups in total. The van der Waals surface area contributed by atoms with Gasteiger partial charge in [-0.15, -0.1) is 0 Å². The van der Waals surface area contributed by atoms with Gasteiger partial charge in [0.15, 0.2) is 24.5 Å². The Morgan fingerprint density at radius 2 is 1.38 bits per heavy atom. The van der Waals surface area contributed by atoms with E-state index in [9.17, 15) is 37.2 Å². The molecule has 1 heterocycles. The van der Waals surface area contributed by atoms with Crippen LogP contribution in [0.1, 0.15) is 71.6 Å². The summed E-state index contributed by atoms with van der Waals surface area (Å²) in [6, 6.07) is -0.262. The van der Waals surface area contributed by atoms with E-state index < -0.39 is 101 Å². The number of esters is 5. The van der Waals surface area contributed by atoms with Gasteiger partial charge in [-0.25, -0.2) is 8.42 Å². The van der Waals surface area contributed by atoms with Crippen molar-refractivity contribution in [2.75, 3.05) is 13.7 Å². The lowest BCUT2D eigenvalue weighted by atomic mass is 9.97. The summed E-state index contributed by atoms with van der Waals surface area (Å²) in [6.07, 6.45) is -8.57. The summed E-state index contributed by atoms with van der Waals surface area (Å²) >= 11 is 0. The minimum atomic E-state index is -4.48. The number of hydrogen-bond acceptors (Lipinski definition) is 15. The summed E-state index contributed by atoms with van der Waals surface area (Å²) in [5.74, 6) is -5.03. The predicted molar refractivity (Wildman–Crippen MR) is 172 cm³/mol. The zero-order valence-corrected chi connectivity index (χ0v) is 30.8. The predicted octanol–water partition coefficient (Wildman–Crippen LogP) is 1.20. The van der Waals surface area contributed by atoms with Crippen LogP contribution in [-0.4, -0.2) is 100 Å². The normalized spacial score (nSPS) is 21.2. The Morgan fingerprint density at radius 3 is 1.88 bits per heavy atom. The molecule has 1 amide bonds. The number of aryl methyl sites for hydroxylation is 1. The van der Waals surface area contributed by atoms with Crippen molar-refractivity contribution in [2.24, 2.45) is 0 Å². The summed E-state index contributed by atoms with van der Waals surface area (Å²) < 4.78 is 67.6. The van der Waals surface area contributed by atoms with Crippen LogP contribution >= 0.6 is 0 Å². The van der Waals surface area contributed by atoms with Crippen molar-refractivity contribution in [3.05, 3.63) is 22.8 Å². The maximum Gasteiger partial charge on any atom is 0.325 e. The number of nitrogens with one attached hydrogen (secondary N) is 2. The number of methoxy groups -OCH3 is 1. The van der Waals surface area contributed by atoms with Gasteiger partial charge >= 0.3 is 29.8 Å². The van der Waals surface area contributed by atoms with Gasteiger partial charge in [0.1, 0.15) is 30.1 Å². The lowest BCUT2D eigenvalue weighted by Crippen LogP contribution is -2.66. The molecule has 6 atom stereocenters. The number of amides is 1. The van der Waals surface area contributed by atoms with Crippen molar-refractivity contribution in [1.29, 1.82) is 0 Å². The van der Waals surface area contributed by atoms with Gasteiger partial charge < -0.3 is 38.5 Å². The molecule has 0 bridgehead atoms. The van der Waals surface area contributed by atoms with Gasteiger partial charge in [0.2, 0.25) is 15.9 Å². The first-order valence-corrected chi connectivity index (χ1v) is 17.0. The molecule has 0 unspecified atom stereocenters. The zero-order valence-electron chi connectivity index (χ0n) is 30.0. The molecule has 1 aromatic rings. The molecule has 2 rings (SSSR count). The fourth-order valence-corrected chi connectivity index (χ4v) is 6.90. The fraction of sp³-hybridized carbons (Fsp3) is 0.625. The molecule has 0 saturated carbocycles. The average Bonchev–Trinajstić information content (AvgIpc) is 2.94. The molecule has 0 spiro atoms. The van der Waals surface area contributed by atoms with Crippen LogP contribution < -0.4 is 14.8 Å². The van der Waals surface area contributed by atoms with Crippen molar-refractivity contribution in [1.82, 2.24) is 10.0 Å². The van der Waals surface area contributed by atoms with Crippen LogP contribution in [0.15, 0.2) is 11.0 Å². The molecule has 0 aliphatic carbocycles. The maximum atomic E-state index is 13.8. The van der Waals surface area contributed by atoms with Crippen LogP contribution in [0.5, 0.6) is 5.75 Å². The van der Waals surface area contributed by atoms with Crippen molar-refractivity contribution in [3.8, 4) is 5.75 Å². The first kappa shape index (κ1) is 41.9. The first-order valence-electron chi connectivity index (χ1n) is 15.5. The van der Waals surface area contributed by atoms with Gasteiger partial charge in [0, 0.05) is 27.7 Å². The van der Waals surface area contributed by atoms with E-state index in [4.69, 9.17) is 33.2 Å². The van der Waals surface area contributed by atoms with Crippen LogP contribution in [0.25, 0.3) is 0 Å². The second-order valence-corrected chi connectivity index (χ2v) is 14.2. The summed E-state index contributed by atoms with van der Waals surface area (Å²) in [6.45, 7) is 13.1. The van der Waals surface area contributed by atoms with Gasteiger partial charge in [-0.1, -0.05) is 0 Å². The molecule has 280 valence electrons. The number of carbonyl (C=O) groups is 6. The van der Waals surface area contributed by atoms with Gasteiger partial charge in [0.05, 0.1) is 18.4 Å². The molecule has 1 aliphatic heterocycles. The van der Waals surface area contributed by atoms with E-state index in [2.05, 4.69) is 10.0 Å². The minimum Gasteiger partial charge on any atom is -0.496 e. The monoisotopic (exact) mass is 730 g/mol. The highest BCUT2D eigenvalue weighted by Gasteiger charge is 2.53. The molecule has 50 heavy (non-hydrogen) atoms. The molecule has 1 aromatic carbocycles. The lowest BCUT2D eigenvalue weighted by Gasteiger charge is -2.44. The Hall–Kier alpha value is -4.29. The van der Waals surface area contributed by atoms with Crippen LogP contribution in [0, 0.1) is 20.8 Å². The third-order valence-corrected chi connectivity index (χ3v) is 8.90. The quantitative estimate of drug-likeness (QED) is 0.215. The first-order chi connectivity index (χ1) is 23.0. The van der Waals surface area contributed by atoms with E-state index in [1.54, 1.807) is 41.5 Å². The zero-order chi connectivity index (χ0) is 38.3. The maximum absolute atomic E-state index is 13.8. The molecule has 0 radical (unpaired) electrons. The number of hydrogen-bond donors (Lipinski definition) is 2. The summed E-state index contributed by atoms with van der Waals surface area (Å²) in [5, 5.41) is 2.42. The van der Waals surface area contributed by atoms with Crippen molar-refractivity contribution in [2.45, 2.75) is 123 Å². The van der Waals surface area contributed by atoms with Gasteiger partial charge in [-0.2, -0.15) is 4.72 Å². The van der Waals surface area contributed by atoms with E-state index in [0.717, 1.165) is 27.7 Å². The number of sulfonamides is 1. The second-order valence-electron chi connectivity index (χ2n) is 12.6. The molecular weight excluding hydrogens is 684 g/mol. The minimum absolute atomic E-state index is 0.135. The Bertz CT molecular complexity index is 1580. The highest BCUT2D eigenvalue weighted by atomic mass is 32.2. The van der Waals surface area contributed by atoms with E-state index in [1.807, 2.05) is 0 Å². The van der Waals surface area contributed by atoms with E-state index >= 15 is 0 Å². The summed E-state index contributed by atoms with van der Waals surface area (Å²) in [5.41, 5.74) is 0.106. The van der Waals surface area contributed by atoms with Gasteiger partial charge in [-0.3, -0.25) is 28.8 Å². The largest absolute Gasteiger partial charge is 0.496 e. The second kappa shape index (κ2) is 17.1.